The van der Waals surface area contributed by atoms with Gasteiger partial charge < -0.3 is 52.8 Å². The van der Waals surface area contributed by atoms with Gasteiger partial charge in [0.25, 0.3) is 0 Å². The summed E-state index contributed by atoms with van der Waals surface area (Å²) in [5, 5.41) is 23.3. The van der Waals surface area contributed by atoms with E-state index in [1.54, 1.807) is 6.08 Å². The summed E-state index contributed by atoms with van der Waals surface area (Å²) in [6.45, 7) is 4.67. The standard InChI is InChI=1S/C50H56O11/c1-2-28-54-49-48(58-34-40-26-16-7-17-27-40)47(45(41(29-51)59-49)56-32-38-22-12-5-13-23-38)61-50-46(57-33-39-24-14-6-15-25-39)43(52)44(55-31-37-20-10-4-11-21-37)42(60-50)35-53-30-36-18-8-3-9-19-36/h2-27,41-52H,1,28-35H2/t41-,42-,43+,44+,45+,46-,47+,48-,49-,50-/m1/s1. The molecule has 0 bridgehead atoms. The van der Waals surface area contributed by atoms with Gasteiger partial charge in [-0.3, -0.25) is 0 Å². The molecule has 0 radical (unpaired) electrons. The predicted molar refractivity (Wildman–Crippen MR) is 228 cm³/mol. The molecule has 0 spiro atoms. The molecule has 5 aromatic rings. The Labute approximate surface area is 358 Å². The maximum atomic E-state index is 12.4. The van der Waals surface area contributed by atoms with E-state index in [0.29, 0.717) is 6.61 Å². The van der Waals surface area contributed by atoms with E-state index in [-0.39, 0.29) is 39.6 Å². The van der Waals surface area contributed by atoms with Gasteiger partial charge >= 0.3 is 0 Å². The minimum Gasteiger partial charge on any atom is -0.394 e. The van der Waals surface area contributed by atoms with E-state index < -0.39 is 68.0 Å². The van der Waals surface area contributed by atoms with E-state index in [1.807, 2.05) is 152 Å². The van der Waals surface area contributed by atoms with E-state index >= 15 is 0 Å². The molecule has 2 fully saturated rings. The van der Waals surface area contributed by atoms with Gasteiger partial charge in [0.2, 0.25) is 0 Å². The molecule has 322 valence electrons. The maximum Gasteiger partial charge on any atom is 0.187 e. The summed E-state index contributed by atoms with van der Waals surface area (Å²) in [5.41, 5.74) is 4.63. The average molecular weight is 833 g/mol. The maximum absolute atomic E-state index is 12.4. The van der Waals surface area contributed by atoms with Crippen LogP contribution in [0.1, 0.15) is 27.8 Å². The molecule has 2 aliphatic heterocycles. The van der Waals surface area contributed by atoms with Gasteiger partial charge in [-0.1, -0.05) is 158 Å². The van der Waals surface area contributed by atoms with Crippen molar-refractivity contribution in [3.8, 4) is 0 Å². The summed E-state index contributed by atoms with van der Waals surface area (Å²) in [5.74, 6) is 0. The first-order valence-corrected chi connectivity index (χ1v) is 20.8. The number of ether oxygens (including phenoxy) is 9. The molecule has 2 heterocycles. The number of hydrogen-bond donors (Lipinski definition) is 2. The summed E-state index contributed by atoms with van der Waals surface area (Å²) in [4.78, 5) is 0. The van der Waals surface area contributed by atoms with Crippen LogP contribution in [0.15, 0.2) is 164 Å². The number of aliphatic hydroxyl groups is 2. The number of benzene rings is 5. The highest BCUT2D eigenvalue weighted by molar-refractivity contribution is 5.17. The number of aliphatic hydroxyl groups excluding tert-OH is 2. The molecule has 11 nitrogen and oxygen atoms in total. The first-order valence-electron chi connectivity index (χ1n) is 20.8. The minimum atomic E-state index is -1.25. The molecule has 61 heavy (non-hydrogen) atoms. The zero-order chi connectivity index (χ0) is 42.1. The van der Waals surface area contributed by atoms with Crippen molar-refractivity contribution in [2.24, 2.45) is 0 Å². The summed E-state index contributed by atoms with van der Waals surface area (Å²) < 4.78 is 59.2. The van der Waals surface area contributed by atoms with Crippen LogP contribution in [0.4, 0.5) is 0 Å². The van der Waals surface area contributed by atoms with Gasteiger partial charge in [0.1, 0.15) is 48.8 Å². The largest absolute Gasteiger partial charge is 0.394 e. The van der Waals surface area contributed by atoms with Gasteiger partial charge in [-0.2, -0.15) is 0 Å². The highest BCUT2D eigenvalue weighted by Gasteiger charge is 2.54. The lowest BCUT2D eigenvalue weighted by Crippen LogP contribution is -2.66. The average Bonchev–Trinajstić information content (AvgIpc) is 3.31. The first-order chi connectivity index (χ1) is 30.1. The Kier molecular flexibility index (Phi) is 17.2. The van der Waals surface area contributed by atoms with Gasteiger partial charge in [-0.15, -0.1) is 6.58 Å². The van der Waals surface area contributed by atoms with Gasteiger partial charge in [0.05, 0.1) is 52.9 Å². The summed E-state index contributed by atoms with van der Waals surface area (Å²) in [6.07, 6.45) is -8.31. The predicted octanol–water partition coefficient (Wildman–Crippen LogP) is 6.94. The second-order valence-electron chi connectivity index (χ2n) is 15.0. The van der Waals surface area contributed by atoms with Crippen LogP contribution in [0.3, 0.4) is 0 Å². The molecule has 0 aromatic heterocycles. The molecule has 10 atom stereocenters. The highest BCUT2D eigenvalue weighted by Crippen LogP contribution is 2.35. The van der Waals surface area contributed by atoms with Crippen LogP contribution in [0.2, 0.25) is 0 Å². The smallest absolute Gasteiger partial charge is 0.187 e. The Morgan fingerprint density at radius 1 is 0.459 bits per heavy atom. The van der Waals surface area contributed by atoms with Crippen LogP contribution in [0.5, 0.6) is 0 Å². The van der Waals surface area contributed by atoms with Crippen LogP contribution in [-0.4, -0.2) is 91.4 Å². The van der Waals surface area contributed by atoms with Gasteiger partial charge in [0.15, 0.2) is 12.6 Å². The summed E-state index contributed by atoms with van der Waals surface area (Å²) >= 11 is 0. The fraction of sp³-hybridized carbons (Fsp3) is 0.360. The van der Waals surface area contributed by atoms with Crippen LogP contribution in [-0.2, 0) is 75.7 Å². The van der Waals surface area contributed by atoms with E-state index in [0.717, 1.165) is 27.8 Å². The van der Waals surface area contributed by atoms with Crippen molar-refractivity contribution in [1.82, 2.24) is 0 Å². The fourth-order valence-electron chi connectivity index (χ4n) is 7.47. The van der Waals surface area contributed by atoms with Gasteiger partial charge in [-0.05, 0) is 27.8 Å². The zero-order valence-electron chi connectivity index (χ0n) is 34.2. The molecule has 2 N–H and O–H groups in total. The lowest BCUT2D eigenvalue weighted by molar-refractivity contribution is -0.375. The van der Waals surface area contributed by atoms with Crippen LogP contribution in [0.25, 0.3) is 0 Å². The van der Waals surface area contributed by atoms with Gasteiger partial charge in [0, 0.05) is 0 Å². The van der Waals surface area contributed by atoms with Gasteiger partial charge in [-0.25, -0.2) is 0 Å². The monoisotopic (exact) mass is 832 g/mol. The Morgan fingerprint density at radius 2 is 0.869 bits per heavy atom. The molecule has 0 unspecified atom stereocenters. The molecule has 0 saturated carbocycles. The van der Waals surface area contributed by atoms with Crippen molar-refractivity contribution >= 4 is 0 Å². The molecule has 5 aromatic carbocycles. The third-order valence-electron chi connectivity index (χ3n) is 10.6. The van der Waals surface area contributed by atoms with Crippen LogP contribution < -0.4 is 0 Å². The Balaban J connectivity index is 1.23. The molecule has 7 rings (SSSR count). The minimum absolute atomic E-state index is 0.0661. The van der Waals surface area contributed by atoms with E-state index in [9.17, 15) is 10.2 Å². The third-order valence-corrected chi connectivity index (χ3v) is 10.6. The SMILES string of the molecule is C=CCO[C@@H]1O[C@H](CO)[C@H](OCc2ccccc2)[C@H](O[C@H]2O[C@H](COCc3ccccc3)[C@H](OCc3ccccc3)[C@H](O)[C@H]2OCc2ccccc2)[C@H]1OCc1ccccc1. The Hall–Kier alpha value is -4.60. The highest BCUT2D eigenvalue weighted by atomic mass is 16.8. The number of rotatable bonds is 22. The Bertz CT molecular complexity index is 1960. The van der Waals surface area contributed by atoms with E-state index in [2.05, 4.69) is 6.58 Å². The second-order valence-corrected chi connectivity index (χ2v) is 15.0. The fourth-order valence-corrected chi connectivity index (χ4v) is 7.47. The van der Waals surface area contributed by atoms with Crippen molar-refractivity contribution in [3.63, 3.8) is 0 Å². The molecular formula is C50H56O11. The van der Waals surface area contributed by atoms with E-state index in [1.165, 1.54) is 0 Å². The van der Waals surface area contributed by atoms with Crippen molar-refractivity contribution in [2.75, 3.05) is 19.8 Å². The van der Waals surface area contributed by atoms with Crippen LogP contribution >= 0.6 is 0 Å². The van der Waals surface area contributed by atoms with Crippen molar-refractivity contribution in [1.29, 1.82) is 0 Å². The summed E-state index contributed by atoms with van der Waals surface area (Å²) in [7, 11) is 0. The zero-order valence-corrected chi connectivity index (χ0v) is 34.2. The topological polar surface area (TPSA) is 124 Å². The van der Waals surface area contributed by atoms with Crippen LogP contribution in [0, 0.1) is 0 Å². The second kappa shape index (κ2) is 23.6. The van der Waals surface area contributed by atoms with Crippen molar-refractivity contribution in [2.45, 2.75) is 94.4 Å². The lowest BCUT2D eigenvalue weighted by atomic mass is 9.96. The molecule has 11 heteroatoms. The molecule has 0 aliphatic carbocycles. The third kappa shape index (κ3) is 12.7. The quantitative estimate of drug-likeness (QED) is 0.0706. The molecule has 0 amide bonds. The first kappa shape index (κ1) is 44.5. The lowest BCUT2D eigenvalue weighted by Gasteiger charge is -2.49. The summed E-state index contributed by atoms with van der Waals surface area (Å²) in [6, 6.07) is 48.7. The molecular weight excluding hydrogens is 777 g/mol. The van der Waals surface area contributed by atoms with E-state index in [4.69, 9.17) is 42.6 Å². The molecule has 2 saturated heterocycles. The number of hydrogen-bond acceptors (Lipinski definition) is 11. The normalized spacial score (nSPS) is 26.5. The van der Waals surface area contributed by atoms with Crippen molar-refractivity contribution < 1.29 is 52.8 Å². The Morgan fingerprint density at radius 3 is 1.33 bits per heavy atom. The molecule has 2 aliphatic rings. The van der Waals surface area contributed by atoms with Crippen molar-refractivity contribution in [3.05, 3.63) is 192 Å².